The molecule has 1 aromatic heterocycles. The summed E-state index contributed by atoms with van der Waals surface area (Å²) in [6, 6.07) is 22.9. The zero-order chi connectivity index (χ0) is 36.4. The lowest BCUT2D eigenvalue weighted by Crippen LogP contribution is -2.28. The molecule has 6 nitrogen and oxygen atoms in total. The fourth-order valence-corrected chi connectivity index (χ4v) is 8.03. The normalized spacial score (nSPS) is 15.5. The van der Waals surface area contributed by atoms with E-state index in [9.17, 15) is 9.90 Å². The molecule has 0 fully saturated rings. The highest BCUT2D eigenvalue weighted by Gasteiger charge is 2.33. The van der Waals surface area contributed by atoms with E-state index >= 15 is 0 Å². The van der Waals surface area contributed by atoms with Crippen LogP contribution in [-0.4, -0.2) is 34.4 Å². The van der Waals surface area contributed by atoms with E-state index in [1.165, 1.54) is 0 Å². The average molecular weight is 702 g/mol. The van der Waals surface area contributed by atoms with Crippen molar-refractivity contribution in [3.8, 4) is 44.3 Å². The lowest BCUT2D eigenvalue weighted by molar-refractivity contribution is -0.160. The standard InChI is InChI=1S/C44H47NO5S/c1-9-12-28(5)49-37-18-16-26(3)22-33(37)30-14-11-15-32(24-30)42-45-35-23-27(4)38(40(43(46)47)50-44(6,7)8)39(41(35)51-42)31-17-19-36-34(25-31)29(13-10-2)20-21-48-36/h9-11,14-19,22-25,28-29,40H,1-2,12-13,20-21H2,3-8H3,(H,46,47)/t28-,29?,40?/m0/s1. The van der Waals surface area contributed by atoms with Crippen LogP contribution in [0.4, 0.5) is 0 Å². The first-order valence-corrected chi connectivity index (χ1v) is 18.4. The van der Waals surface area contributed by atoms with Crippen molar-refractivity contribution in [1.29, 1.82) is 0 Å². The zero-order valence-corrected chi connectivity index (χ0v) is 31.2. The van der Waals surface area contributed by atoms with E-state index in [-0.39, 0.29) is 12.0 Å². The Morgan fingerprint density at radius 2 is 1.82 bits per heavy atom. The molecule has 7 heteroatoms. The minimum Gasteiger partial charge on any atom is -0.493 e. The van der Waals surface area contributed by atoms with Crippen molar-refractivity contribution in [2.45, 2.75) is 84.5 Å². The van der Waals surface area contributed by atoms with Crippen LogP contribution in [0.1, 0.15) is 81.2 Å². The number of aryl methyl sites for hydroxylation is 2. The first kappa shape index (κ1) is 36.1. The maximum absolute atomic E-state index is 13.0. The minimum absolute atomic E-state index is 0.00800. The molecule has 1 N–H and O–H groups in total. The molecule has 0 aliphatic carbocycles. The number of aromatic nitrogens is 1. The maximum Gasteiger partial charge on any atom is 0.337 e. The molecule has 0 bridgehead atoms. The highest BCUT2D eigenvalue weighted by molar-refractivity contribution is 7.22. The predicted molar refractivity (Wildman–Crippen MR) is 209 cm³/mol. The molecule has 5 aromatic rings. The first-order chi connectivity index (χ1) is 24.4. The fourth-order valence-electron chi connectivity index (χ4n) is 6.90. The van der Waals surface area contributed by atoms with Crippen LogP contribution < -0.4 is 9.47 Å². The van der Waals surface area contributed by atoms with Crippen molar-refractivity contribution in [2.75, 3.05) is 6.61 Å². The summed E-state index contributed by atoms with van der Waals surface area (Å²) in [5.41, 5.74) is 8.58. The summed E-state index contributed by atoms with van der Waals surface area (Å²) in [6.45, 7) is 20.3. The molecule has 0 saturated heterocycles. The number of thiazole rings is 1. The van der Waals surface area contributed by atoms with Crippen molar-refractivity contribution < 1.29 is 24.1 Å². The number of allylic oxidation sites excluding steroid dienone is 1. The van der Waals surface area contributed by atoms with Crippen molar-refractivity contribution in [1.82, 2.24) is 4.98 Å². The summed E-state index contributed by atoms with van der Waals surface area (Å²) >= 11 is 1.57. The van der Waals surface area contributed by atoms with E-state index in [1.807, 2.05) is 71.0 Å². The zero-order valence-electron chi connectivity index (χ0n) is 30.4. The van der Waals surface area contributed by atoms with Gasteiger partial charge in [-0.3, -0.25) is 0 Å². The van der Waals surface area contributed by atoms with Gasteiger partial charge in [0.05, 0.1) is 28.5 Å². The van der Waals surface area contributed by atoms with Gasteiger partial charge in [0.2, 0.25) is 0 Å². The first-order valence-electron chi connectivity index (χ1n) is 17.6. The number of aliphatic carboxylic acids is 1. The number of nitrogens with zero attached hydrogens (tertiary/aromatic N) is 1. The van der Waals surface area contributed by atoms with Gasteiger partial charge in [0.15, 0.2) is 6.10 Å². The smallest absolute Gasteiger partial charge is 0.337 e. The number of hydrogen-bond donors (Lipinski definition) is 1. The third kappa shape index (κ3) is 7.80. The van der Waals surface area contributed by atoms with Gasteiger partial charge in [-0.05, 0) is 119 Å². The number of carboxylic acids is 1. The quantitative estimate of drug-likeness (QED) is 0.130. The molecule has 0 radical (unpaired) electrons. The molecule has 51 heavy (non-hydrogen) atoms. The molecule has 264 valence electrons. The second kappa shape index (κ2) is 14.9. The van der Waals surface area contributed by atoms with Gasteiger partial charge in [0.1, 0.15) is 16.5 Å². The molecule has 4 aromatic carbocycles. The Bertz CT molecular complexity index is 2110. The fraction of sp³-hybridized carbons (Fsp3) is 0.318. The van der Waals surface area contributed by atoms with Gasteiger partial charge < -0.3 is 19.3 Å². The molecular formula is C44H47NO5S. The summed E-state index contributed by atoms with van der Waals surface area (Å²) in [7, 11) is 0. The van der Waals surface area contributed by atoms with Crippen LogP contribution in [0.5, 0.6) is 11.5 Å². The van der Waals surface area contributed by atoms with E-state index in [4.69, 9.17) is 19.2 Å². The summed E-state index contributed by atoms with van der Waals surface area (Å²) in [5, 5.41) is 11.5. The van der Waals surface area contributed by atoms with Gasteiger partial charge in [-0.2, -0.15) is 0 Å². The largest absolute Gasteiger partial charge is 0.493 e. The molecule has 3 atom stereocenters. The lowest BCUT2D eigenvalue weighted by Gasteiger charge is -2.29. The second-order valence-electron chi connectivity index (χ2n) is 14.4. The average Bonchev–Trinajstić information content (AvgIpc) is 3.51. The molecule has 6 rings (SSSR count). The third-order valence-corrected chi connectivity index (χ3v) is 10.3. The van der Waals surface area contributed by atoms with Gasteiger partial charge in [-0.1, -0.05) is 48.0 Å². The Morgan fingerprint density at radius 1 is 1.04 bits per heavy atom. The summed E-state index contributed by atoms with van der Waals surface area (Å²) in [5.74, 6) is 0.924. The summed E-state index contributed by atoms with van der Waals surface area (Å²) in [6.07, 6.45) is 5.12. The van der Waals surface area contributed by atoms with E-state index in [1.54, 1.807) is 11.3 Å². The molecule has 0 spiro atoms. The van der Waals surface area contributed by atoms with Gasteiger partial charge >= 0.3 is 5.97 Å². The Balaban J connectivity index is 1.54. The van der Waals surface area contributed by atoms with E-state index in [0.29, 0.717) is 12.2 Å². The number of benzene rings is 4. The number of rotatable bonds is 12. The van der Waals surface area contributed by atoms with Gasteiger partial charge in [-0.15, -0.1) is 24.5 Å². The number of carbonyl (C=O) groups is 1. The van der Waals surface area contributed by atoms with Crippen LogP contribution in [0.15, 0.2) is 92.0 Å². The van der Waals surface area contributed by atoms with Gasteiger partial charge in [-0.25, -0.2) is 9.78 Å². The van der Waals surface area contributed by atoms with E-state index in [0.717, 1.165) is 90.5 Å². The van der Waals surface area contributed by atoms with Gasteiger partial charge in [0, 0.05) is 28.7 Å². The van der Waals surface area contributed by atoms with Crippen LogP contribution in [0.25, 0.3) is 43.0 Å². The number of ether oxygens (including phenoxy) is 3. The summed E-state index contributed by atoms with van der Waals surface area (Å²) < 4.78 is 19.6. The Labute approximate surface area is 305 Å². The maximum atomic E-state index is 13.0. The van der Waals surface area contributed by atoms with Crippen LogP contribution in [0.3, 0.4) is 0 Å². The Morgan fingerprint density at radius 3 is 2.55 bits per heavy atom. The number of hydrogen-bond acceptors (Lipinski definition) is 6. The van der Waals surface area contributed by atoms with Crippen molar-refractivity contribution >= 4 is 27.5 Å². The highest BCUT2D eigenvalue weighted by Crippen LogP contribution is 2.47. The SMILES string of the molecule is C=CCC1CCOc2ccc(-c3c(C(OC(C)(C)C)C(=O)O)c(C)cc4nc(-c5cccc(-c6cc(C)ccc6O[C@@H](C)CC=C)c5)sc34)cc21. The molecule has 0 amide bonds. The van der Waals surface area contributed by atoms with Crippen LogP contribution in [0.2, 0.25) is 0 Å². The van der Waals surface area contributed by atoms with Crippen molar-refractivity contribution in [2.24, 2.45) is 0 Å². The topological polar surface area (TPSA) is 77.9 Å². The summed E-state index contributed by atoms with van der Waals surface area (Å²) in [4.78, 5) is 18.2. The van der Waals surface area contributed by atoms with Crippen molar-refractivity contribution in [3.05, 3.63) is 114 Å². The third-order valence-electron chi connectivity index (χ3n) is 9.18. The Hall–Kier alpha value is -4.72. The highest BCUT2D eigenvalue weighted by atomic mass is 32.1. The molecule has 0 saturated carbocycles. The van der Waals surface area contributed by atoms with Crippen LogP contribution in [-0.2, 0) is 9.53 Å². The van der Waals surface area contributed by atoms with Gasteiger partial charge in [0.25, 0.3) is 0 Å². The van der Waals surface area contributed by atoms with E-state index < -0.39 is 17.7 Å². The number of fused-ring (bicyclic) bond motifs is 2. The van der Waals surface area contributed by atoms with Crippen molar-refractivity contribution in [3.63, 3.8) is 0 Å². The van der Waals surface area contributed by atoms with Crippen LogP contribution >= 0.6 is 11.3 Å². The lowest BCUT2D eigenvalue weighted by atomic mass is 9.86. The van der Waals surface area contributed by atoms with E-state index in [2.05, 4.69) is 62.5 Å². The number of carboxylic acid groups (broad SMARTS) is 1. The minimum atomic E-state index is -1.18. The molecule has 1 aliphatic heterocycles. The predicted octanol–water partition coefficient (Wildman–Crippen LogP) is 11.6. The molecule has 1 aliphatic rings. The molecule has 2 heterocycles. The van der Waals surface area contributed by atoms with Crippen LogP contribution in [0, 0.1) is 13.8 Å². The molecular weight excluding hydrogens is 655 g/mol. The molecule has 2 unspecified atom stereocenters. The Kier molecular flexibility index (Phi) is 10.5. The second-order valence-corrected chi connectivity index (χ2v) is 15.4. The monoisotopic (exact) mass is 701 g/mol.